The Balaban J connectivity index is 2.25. The third-order valence-electron chi connectivity index (χ3n) is 2.14. The summed E-state index contributed by atoms with van der Waals surface area (Å²) in [5.74, 6) is -5.64. The number of carbonyl (C=O) groups is 1. The molecule has 1 amide bonds. The molecule has 0 bridgehead atoms. The maximum atomic E-state index is 13.3. The normalized spacial score (nSPS) is 10.3. The van der Waals surface area contributed by atoms with Gasteiger partial charge in [-0.05, 0) is 12.1 Å². The summed E-state index contributed by atoms with van der Waals surface area (Å²) in [6.45, 7) is 0. The Bertz CT molecular complexity index is 634. The van der Waals surface area contributed by atoms with E-state index in [1.165, 1.54) is 6.20 Å². The predicted octanol–water partition coefficient (Wildman–Crippen LogP) is 2.80. The maximum absolute atomic E-state index is 13.3. The number of amides is 1. The molecule has 4 nitrogen and oxygen atoms in total. The first-order valence-electron chi connectivity index (χ1n) is 4.91. The number of rotatable bonds is 2. The molecule has 1 N–H and O–H groups in total. The van der Waals surface area contributed by atoms with Crippen LogP contribution in [0.4, 0.5) is 19.0 Å². The Labute approximate surface area is 110 Å². The highest BCUT2D eigenvalue weighted by Crippen LogP contribution is 2.16. The van der Waals surface area contributed by atoms with E-state index in [-0.39, 0.29) is 11.0 Å². The number of carbonyl (C=O) groups excluding carboxylic acids is 1. The Hall–Kier alpha value is -2.15. The van der Waals surface area contributed by atoms with Gasteiger partial charge in [0.2, 0.25) is 0 Å². The minimum atomic E-state index is -1.71. The molecule has 2 aromatic rings. The van der Waals surface area contributed by atoms with Crippen molar-refractivity contribution in [2.24, 2.45) is 0 Å². The summed E-state index contributed by atoms with van der Waals surface area (Å²) in [4.78, 5) is 19.0. The standard InChI is InChI=1S/C11H5ClF3N3O/c12-7-3-17-8(4-16-7)18-11(19)5-1-2-6(13)10(15)9(5)14/h1-4H,(H,17,18,19). The quantitative estimate of drug-likeness (QED) is 0.864. The first kappa shape index (κ1) is 13.3. The number of hydrogen-bond donors (Lipinski definition) is 1. The smallest absolute Gasteiger partial charge is 0.259 e. The van der Waals surface area contributed by atoms with Gasteiger partial charge in [0.25, 0.3) is 5.91 Å². The molecule has 0 aliphatic heterocycles. The Kier molecular flexibility index (Phi) is 3.66. The Morgan fingerprint density at radius 1 is 1.11 bits per heavy atom. The van der Waals surface area contributed by atoms with Crippen molar-refractivity contribution >= 4 is 23.3 Å². The zero-order valence-electron chi connectivity index (χ0n) is 9.12. The molecule has 1 aromatic carbocycles. The van der Waals surface area contributed by atoms with Crippen molar-refractivity contribution in [1.29, 1.82) is 0 Å². The number of benzene rings is 1. The van der Waals surface area contributed by atoms with Crippen molar-refractivity contribution in [3.8, 4) is 0 Å². The molecule has 0 unspecified atom stereocenters. The van der Waals surface area contributed by atoms with Gasteiger partial charge in [-0.3, -0.25) is 4.79 Å². The fourth-order valence-electron chi connectivity index (χ4n) is 1.26. The molecule has 0 saturated carbocycles. The largest absolute Gasteiger partial charge is 0.305 e. The lowest BCUT2D eigenvalue weighted by Crippen LogP contribution is -2.16. The van der Waals surface area contributed by atoms with Crippen LogP contribution in [0.1, 0.15) is 10.4 Å². The summed E-state index contributed by atoms with van der Waals surface area (Å²) in [5.41, 5.74) is -0.643. The lowest BCUT2D eigenvalue weighted by Gasteiger charge is -2.05. The zero-order valence-corrected chi connectivity index (χ0v) is 9.88. The van der Waals surface area contributed by atoms with Crippen LogP contribution in [0.3, 0.4) is 0 Å². The topological polar surface area (TPSA) is 54.9 Å². The average Bonchev–Trinajstić information content (AvgIpc) is 2.39. The number of nitrogens with one attached hydrogen (secondary N) is 1. The summed E-state index contributed by atoms with van der Waals surface area (Å²) in [6.07, 6.45) is 2.30. The van der Waals surface area contributed by atoms with Gasteiger partial charge >= 0.3 is 0 Å². The number of aromatic nitrogens is 2. The molecule has 2 rings (SSSR count). The fraction of sp³-hybridized carbons (Fsp3) is 0. The molecule has 0 fully saturated rings. The molecule has 1 heterocycles. The highest BCUT2D eigenvalue weighted by molar-refractivity contribution is 6.29. The van der Waals surface area contributed by atoms with Crippen molar-refractivity contribution in [3.05, 3.63) is 52.7 Å². The van der Waals surface area contributed by atoms with Gasteiger partial charge in [0.1, 0.15) is 5.15 Å². The number of anilines is 1. The van der Waals surface area contributed by atoms with E-state index in [0.717, 1.165) is 12.3 Å². The van der Waals surface area contributed by atoms with Gasteiger partial charge in [-0.25, -0.2) is 23.1 Å². The van der Waals surface area contributed by atoms with Crippen molar-refractivity contribution in [1.82, 2.24) is 9.97 Å². The van der Waals surface area contributed by atoms with E-state index < -0.39 is 28.9 Å². The molecule has 0 aliphatic rings. The maximum Gasteiger partial charge on any atom is 0.259 e. The zero-order chi connectivity index (χ0) is 14.0. The Morgan fingerprint density at radius 3 is 2.47 bits per heavy atom. The third kappa shape index (κ3) is 2.82. The number of halogens is 4. The lowest BCUT2D eigenvalue weighted by molar-refractivity contribution is 0.102. The predicted molar refractivity (Wildman–Crippen MR) is 61.3 cm³/mol. The van der Waals surface area contributed by atoms with Gasteiger partial charge in [0.05, 0.1) is 18.0 Å². The summed E-state index contributed by atoms with van der Waals surface area (Å²) in [7, 11) is 0. The monoisotopic (exact) mass is 287 g/mol. The van der Waals surface area contributed by atoms with Gasteiger partial charge in [-0.15, -0.1) is 0 Å². The van der Waals surface area contributed by atoms with E-state index >= 15 is 0 Å². The number of hydrogen-bond acceptors (Lipinski definition) is 3. The lowest BCUT2D eigenvalue weighted by atomic mass is 10.2. The van der Waals surface area contributed by atoms with Gasteiger partial charge in [-0.2, -0.15) is 0 Å². The highest BCUT2D eigenvalue weighted by Gasteiger charge is 2.19. The van der Waals surface area contributed by atoms with Crippen LogP contribution in [-0.4, -0.2) is 15.9 Å². The van der Waals surface area contributed by atoms with E-state index in [9.17, 15) is 18.0 Å². The van der Waals surface area contributed by atoms with Crippen LogP contribution in [0.5, 0.6) is 0 Å². The minimum absolute atomic E-state index is 0.00136. The Morgan fingerprint density at radius 2 is 1.84 bits per heavy atom. The second-order valence-electron chi connectivity index (χ2n) is 3.40. The van der Waals surface area contributed by atoms with Crippen LogP contribution in [-0.2, 0) is 0 Å². The van der Waals surface area contributed by atoms with Crippen molar-refractivity contribution in [2.75, 3.05) is 5.32 Å². The van der Waals surface area contributed by atoms with E-state index in [2.05, 4.69) is 15.3 Å². The summed E-state index contributed by atoms with van der Waals surface area (Å²) < 4.78 is 39.0. The van der Waals surface area contributed by atoms with Crippen molar-refractivity contribution < 1.29 is 18.0 Å². The molecular formula is C11H5ClF3N3O. The van der Waals surface area contributed by atoms with Crippen molar-refractivity contribution in [2.45, 2.75) is 0 Å². The second-order valence-corrected chi connectivity index (χ2v) is 3.79. The molecule has 0 saturated heterocycles. The van der Waals surface area contributed by atoms with E-state index in [0.29, 0.717) is 6.07 Å². The first-order chi connectivity index (χ1) is 8.99. The SMILES string of the molecule is O=C(Nc1cnc(Cl)cn1)c1ccc(F)c(F)c1F. The molecule has 98 valence electrons. The van der Waals surface area contributed by atoms with Gasteiger partial charge in [0, 0.05) is 0 Å². The van der Waals surface area contributed by atoms with Gasteiger partial charge in [0.15, 0.2) is 23.3 Å². The fourth-order valence-corrected chi connectivity index (χ4v) is 1.36. The van der Waals surface area contributed by atoms with Crippen molar-refractivity contribution in [3.63, 3.8) is 0 Å². The second kappa shape index (κ2) is 5.23. The third-order valence-corrected chi connectivity index (χ3v) is 2.34. The molecule has 0 radical (unpaired) electrons. The van der Waals surface area contributed by atoms with E-state index in [1.54, 1.807) is 0 Å². The van der Waals surface area contributed by atoms with Crippen LogP contribution in [0.2, 0.25) is 5.15 Å². The van der Waals surface area contributed by atoms with Crippen LogP contribution in [0.15, 0.2) is 24.5 Å². The minimum Gasteiger partial charge on any atom is -0.305 e. The summed E-state index contributed by atoms with van der Waals surface area (Å²) in [6, 6.07) is 1.48. The molecule has 19 heavy (non-hydrogen) atoms. The highest BCUT2D eigenvalue weighted by atomic mass is 35.5. The summed E-state index contributed by atoms with van der Waals surface area (Å²) >= 11 is 5.49. The van der Waals surface area contributed by atoms with Crippen LogP contribution in [0, 0.1) is 17.5 Å². The molecule has 8 heteroatoms. The van der Waals surface area contributed by atoms with Crippen LogP contribution < -0.4 is 5.32 Å². The number of nitrogens with zero attached hydrogens (tertiary/aromatic N) is 2. The molecule has 1 aromatic heterocycles. The van der Waals surface area contributed by atoms with Gasteiger partial charge < -0.3 is 5.32 Å². The molecule has 0 atom stereocenters. The van der Waals surface area contributed by atoms with E-state index in [1.807, 2.05) is 0 Å². The summed E-state index contributed by atoms with van der Waals surface area (Å²) in [5, 5.41) is 2.28. The first-order valence-corrected chi connectivity index (χ1v) is 5.29. The van der Waals surface area contributed by atoms with Crippen LogP contribution >= 0.6 is 11.6 Å². The van der Waals surface area contributed by atoms with E-state index in [4.69, 9.17) is 11.6 Å². The molecule has 0 aliphatic carbocycles. The van der Waals surface area contributed by atoms with Gasteiger partial charge in [-0.1, -0.05) is 11.6 Å². The van der Waals surface area contributed by atoms with Crippen LogP contribution in [0.25, 0.3) is 0 Å². The molecule has 0 spiro atoms. The average molecular weight is 288 g/mol. The molecular weight excluding hydrogens is 283 g/mol.